The summed E-state index contributed by atoms with van der Waals surface area (Å²) in [5, 5.41) is 9.78. The molecule has 0 fully saturated rings. The van der Waals surface area contributed by atoms with Crippen molar-refractivity contribution in [3.63, 3.8) is 0 Å². The van der Waals surface area contributed by atoms with Crippen LogP contribution < -0.4 is 4.90 Å². The fourth-order valence-corrected chi connectivity index (χ4v) is 1.96. The zero-order valence-corrected chi connectivity index (χ0v) is 12.1. The molecule has 0 aliphatic rings. The van der Waals surface area contributed by atoms with Gasteiger partial charge < -0.3 is 10.0 Å². The monoisotopic (exact) mass is 270 g/mol. The number of halogens is 1. The third-order valence-electron chi connectivity index (χ3n) is 2.98. The first kappa shape index (κ1) is 15.3. The van der Waals surface area contributed by atoms with Crippen LogP contribution in [0.25, 0.3) is 0 Å². The lowest BCUT2D eigenvalue weighted by atomic mass is 10.2. The number of aliphatic hydroxyl groups is 1. The number of aromatic nitrogens is 1. The normalized spacial score (nSPS) is 10.7. The highest BCUT2D eigenvalue weighted by atomic mass is 35.5. The maximum atomic E-state index is 9.25. The molecule has 1 heterocycles. The fourth-order valence-electron chi connectivity index (χ4n) is 1.80. The van der Waals surface area contributed by atoms with E-state index >= 15 is 0 Å². The van der Waals surface area contributed by atoms with Gasteiger partial charge in [0.1, 0.15) is 5.82 Å². The SMILES string of the molecule is CCCCN(CCCC)c1cc(CO)c(Cl)cn1. The number of unbranched alkanes of at least 4 members (excludes halogenated alkanes) is 2. The molecular weight excluding hydrogens is 248 g/mol. The molecule has 3 nitrogen and oxygen atoms in total. The first-order valence-corrected chi connectivity index (χ1v) is 7.10. The van der Waals surface area contributed by atoms with Gasteiger partial charge in [-0.2, -0.15) is 0 Å². The Morgan fingerprint density at radius 2 is 1.83 bits per heavy atom. The molecule has 0 saturated carbocycles. The number of pyridine rings is 1. The Labute approximate surface area is 115 Å². The molecule has 1 aromatic heterocycles. The summed E-state index contributed by atoms with van der Waals surface area (Å²) in [5.41, 5.74) is 0.750. The summed E-state index contributed by atoms with van der Waals surface area (Å²) in [7, 11) is 0. The predicted octanol–water partition coefficient (Wildman–Crippen LogP) is 3.63. The van der Waals surface area contributed by atoms with Crippen LogP contribution in [0.5, 0.6) is 0 Å². The van der Waals surface area contributed by atoms with Gasteiger partial charge in [-0.25, -0.2) is 4.98 Å². The molecule has 1 aromatic rings. The van der Waals surface area contributed by atoms with E-state index in [0.29, 0.717) is 5.02 Å². The molecular formula is C14H23ClN2O. The van der Waals surface area contributed by atoms with Gasteiger partial charge in [0.05, 0.1) is 11.6 Å². The van der Waals surface area contributed by atoms with Gasteiger partial charge in [0.2, 0.25) is 0 Å². The van der Waals surface area contributed by atoms with Crippen molar-refractivity contribution in [1.82, 2.24) is 4.98 Å². The summed E-state index contributed by atoms with van der Waals surface area (Å²) in [6.45, 7) is 6.36. The Balaban J connectivity index is 2.82. The van der Waals surface area contributed by atoms with Crippen LogP contribution in [-0.4, -0.2) is 23.2 Å². The highest BCUT2D eigenvalue weighted by Crippen LogP contribution is 2.21. The first-order chi connectivity index (χ1) is 8.72. The predicted molar refractivity (Wildman–Crippen MR) is 77.2 cm³/mol. The molecule has 0 radical (unpaired) electrons. The highest BCUT2D eigenvalue weighted by molar-refractivity contribution is 6.31. The largest absolute Gasteiger partial charge is 0.392 e. The van der Waals surface area contributed by atoms with E-state index in [1.165, 1.54) is 12.8 Å². The van der Waals surface area contributed by atoms with Crippen LogP contribution in [-0.2, 0) is 6.61 Å². The van der Waals surface area contributed by atoms with E-state index in [-0.39, 0.29) is 6.61 Å². The van der Waals surface area contributed by atoms with Crippen molar-refractivity contribution in [2.24, 2.45) is 0 Å². The molecule has 1 N–H and O–H groups in total. The van der Waals surface area contributed by atoms with E-state index in [2.05, 4.69) is 23.7 Å². The lowest BCUT2D eigenvalue weighted by Gasteiger charge is -2.24. The van der Waals surface area contributed by atoms with Crippen molar-refractivity contribution < 1.29 is 5.11 Å². The standard InChI is InChI=1S/C14H23ClN2O/c1-3-5-7-17(8-6-4-2)14-9-12(11-18)13(15)10-16-14/h9-10,18H,3-8,11H2,1-2H3. The van der Waals surface area contributed by atoms with Gasteiger partial charge >= 0.3 is 0 Å². The van der Waals surface area contributed by atoms with Gasteiger partial charge in [0.25, 0.3) is 0 Å². The number of anilines is 1. The van der Waals surface area contributed by atoms with Gasteiger partial charge in [0, 0.05) is 24.8 Å². The maximum absolute atomic E-state index is 9.25. The molecule has 102 valence electrons. The van der Waals surface area contributed by atoms with Crippen LogP contribution in [0.3, 0.4) is 0 Å². The highest BCUT2D eigenvalue weighted by Gasteiger charge is 2.09. The summed E-state index contributed by atoms with van der Waals surface area (Å²) in [6, 6.07) is 1.90. The number of nitrogens with zero attached hydrogens (tertiary/aromatic N) is 2. The molecule has 0 atom stereocenters. The minimum atomic E-state index is -0.0379. The first-order valence-electron chi connectivity index (χ1n) is 6.73. The molecule has 0 amide bonds. The number of hydrogen-bond donors (Lipinski definition) is 1. The molecule has 0 spiro atoms. The number of rotatable bonds is 8. The molecule has 0 aliphatic carbocycles. The Morgan fingerprint density at radius 1 is 1.22 bits per heavy atom. The van der Waals surface area contributed by atoms with Gasteiger partial charge in [0.15, 0.2) is 0 Å². The average Bonchev–Trinajstić information content (AvgIpc) is 2.40. The Bertz CT molecular complexity index is 350. The molecule has 0 bridgehead atoms. The smallest absolute Gasteiger partial charge is 0.128 e. The van der Waals surface area contributed by atoms with E-state index in [4.69, 9.17) is 11.6 Å². The molecule has 0 saturated heterocycles. The average molecular weight is 271 g/mol. The Kier molecular flexibility index (Phi) is 7.06. The van der Waals surface area contributed by atoms with Gasteiger partial charge in [-0.15, -0.1) is 0 Å². The van der Waals surface area contributed by atoms with Crippen molar-refractivity contribution in [3.8, 4) is 0 Å². The number of aliphatic hydroxyl groups excluding tert-OH is 1. The molecule has 4 heteroatoms. The molecule has 0 unspecified atom stereocenters. The molecule has 0 aliphatic heterocycles. The van der Waals surface area contributed by atoms with Crippen molar-refractivity contribution in [1.29, 1.82) is 0 Å². The van der Waals surface area contributed by atoms with E-state index in [9.17, 15) is 5.11 Å². The Morgan fingerprint density at radius 3 is 2.33 bits per heavy atom. The van der Waals surface area contributed by atoms with Crippen LogP contribution in [0.2, 0.25) is 5.02 Å². The zero-order valence-electron chi connectivity index (χ0n) is 11.3. The molecule has 0 aromatic carbocycles. The minimum absolute atomic E-state index is 0.0379. The van der Waals surface area contributed by atoms with Gasteiger partial charge in [-0.1, -0.05) is 38.3 Å². The van der Waals surface area contributed by atoms with Crippen molar-refractivity contribution in [2.75, 3.05) is 18.0 Å². The lowest BCUT2D eigenvalue weighted by Crippen LogP contribution is -2.26. The minimum Gasteiger partial charge on any atom is -0.392 e. The van der Waals surface area contributed by atoms with Crippen molar-refractivity contribution >= 4 is 17.4 Å². The second kappa shape index (κ2) is 8.33. The van der Waals surface area contributed by atoms with Crippen LogP contribution in [0.1, 0.15) is 45.1 Å². The topological polar surface area (TPSA) is 36.4 Å². The van der Waals surface area contributed by atoms with Crippen LogP contribution in [0.15, 0.2) is 12.3 Å². The van der Waals surface area contributed by atoms with E-state index < -0.39 is 0 Å². The summed E-state index contributed by atoms with van der Waals surface area (Å²) in [6.07, 6.45) is 6.28. The zero-order chi connectivity index (χ0) is 13.4. The van der Waals surface area contributed by atoms with E-state index in [1.54, 1.807) is 6.20 Å². The molecule has 1 rings (SSSR count). The Hall–Kier alpha value is -0.800. The third kappa shape index (κ3) is 4.46. The van der Waals surface area contributed by atoms with Crippen LogP contribution in [0.4, 0.5) is 5.82 Å². The lowest BCUT2D eigenvalue weighted by molar-refractivity contribution is 0.282. The van der Waals surface area contributed by atoms with Gasteiger partial charge in [-0.05, 0) is 18.9 Å². The second-order valence-electron chi connectivity index (χ2n) is 4.49. The van der Waals surface area contributed by atoms with E-state index in [1.807, 2.05) is 6.07 Å². The quantitative estimate of drug-likeness (QED) is 0.784. The summed E-state index contributed by atoms with van der Waals surface area (Å²) in [4.78, 5) is 6.66. The third-order valence-corrected chi connectivity index (χ3v) is 3.32. The van der Waals surface area contributed by atoms with Crippen molar-refractivity contribution in [2.45, 2.75) is 46.1 Å². The summed E-state index contributed by atoms with van der Waals surface area (Å²) in [5.74, 6) is 0.922. The van der Waals surface area contributed by atoms with Crippen LogP contribution in [0, 0.1) is 0 Å². The summed E-state index contributed by atoms with van der Waals surface area (Å²) < 4.78 is 0. The number of hydrogen-bond acceptors (Lipinski definition) is 3. The summed E-state index contributed by atoms with van der Waals surface area (Å²) >= 11 is 5.97. The fraction of sp³-hybridized carbons (Fsp3) is 0.643. The van der Waals surface area contributed by atoms with Crippen LogP contribution >= 0.6 is 11.6 Å². The van der Waals surface area contributed by atoms with E-state index in [0.717, 1.165) is 37.3 Å². The van der Waals surface area contributed by atoms with Crippen molar-refractivity contribution in [3.05, 3.63) is 22.8 Å². The maximum Gasteiger partial charge on any atom is 0.128 e. The molecule has 18 heavy (non-hydrogen) atoms. The second-order valence-corrected chi connectivity index (χ2v) is 4.89. The van der Waals surface area contributed by atoms with Gasteiger partial charge in [-0.3, -0.25) is 0 Å².